The number of para-hydroxylation sites is 1. The largest absolute Gasteiger partial charge is 0.490 e. The zero-order valence-corrected chi connectivity index (χ0v) is 22.4. The molecule has 1 saturated heterocycles. The first-order chi connectivity index (χ1) is 17.2. The zero-order chi connectivity index (χ0) is 26.1. The lowest BCUT2D eigenvalue weighted by molar-refractivity contribution is -0.148. The lowest BCUT2D eigenvalue weighted by atomic mass is 10.1. The summed E-state index contributed by atoms with van der Waals surface area (Å²) in [6, 6.07) is 13.2. The predicted molar refractivity (Wildman–Crippen MR) is 141 cm³/mol. The van der Waals surface area contributed by atoms with Crippen molar-refractivity contribution in [3.63, 3.8) is 0 Å². The van der Waals surface area contributed by atoms with Gasteiger partial charge >= 0.3 is 5.97 Å². The highest BCUT2D eigenvalue weighted by Gasteiger charge is 2.34. The van der Waals surface area contributed by atoms with Gasteiger partial charge in [0.1, 0.15) is 30.8 Å². The average molecular weight is 578 g/mol. The van der Waals surface area contributed by atoms with Crippen molar-refractivity contribution in [2.24, 2.45) is 0 Å². The summed E-state index contributed by atoms with van der Waals surface area (Å²) in [7, 11) is 0. The zero-order valence-electron chi connectivity index (χ0n) is 20.0. The minimum Gasteiger partial charge on any atom is -0.490 e. The van der Waals surface area contributed by atoms with Crippen molar-refractivity contribution in [1.29, 1.82) is 0 Å². The van der Waals surface area contributed by atoms with Crippen LogP contribution in [0.3, 0.4) is 0 Å². The first kappa shape index (κ1) is 27.4. The van der Waals surface area contributed by atoms with Crippen molar-refractivity contribution in [2.45, 2.75) is 32.4 Å². The molecular weight excluding hydrogens is 550 g/mol. The van der Waals surface area contributed by atoms with E-state index in [1.54, 1.807) is 30.3 Å². The molecule has 2 aromatic carbocycles. The molecule has 0 bridgehead atoms. The molecule has 192 valence electrons. The van der Waals surface area contributed by atoms with Gasteiger partial charge in [-0.15, -0.1) is 0 Å². The molecule has 0 radical (unpaired) electrons. The maximum Gasteiger partial charge on any atom is 0.308 e. The third-order valence-corrected chi connectivity index (χ3v) is 6.04. The SMILES string of the molecule is CC(C)Oc1ccc(C(=O)NC(=S)N2CCNC(=O)C2CC(=O)OCCOc2ccccc2)cc1Br. The van der Waals surface area contributed by atoms with Crippen LogP contribution in [0.15, 0.2) is 53.0 Å². The highest BCUT2D eigenvalue weighted by Crippen LogP contribution is 2.27. The highest BCUT2D eigenvalue weighted by atomic mass is 79.9. The van der Waals surface area contributed by atoms with Crippen molar-refractivity contribution in [3.05, 3.63) is 58.6 Å². The van der Waals surface area contributed by atoms with E-state index in [4.69, 9.17) is 26.4 Å². The molecule has 0 saturated carbocycles. The summed E-state index contributed by atoms with van der Waals surface area (Å²) < 4.78 is 17.0. The molecule has 0 aromatic heterocycles. The van der Waals surface area contributed by atoms with E-state index >= 15 is 0 Å². The summed E-state index contributed by atoms with van der Waals surface area (Å²) >= 11 is 8.82. The van der Waals surface area contributed by atoms with E-state index in [-0.39, 0.29) is 36.8 Å². The van der Waals surface area contributed by atoms with Crippen molar-refractivity contribution in [2.75, 3.05) is 26.3 Å². The molecule has 0 spiro atoms. The van der Waals surface area contributed by atoms with Crippen molar-refractivity contribution in [3.8, 4) is 11.5 Å². The number of rotatable bonds is 9. The fourth-order valence-electron chi connectivity index (χ4n) is 3.44. The van der Waals surface area contributed by atoms with Gasteiger partial charge in [0, 0.05) is 18.7 Å². The van der Waals surface area contributed by atoms with Gasteiger partial charge in [-0.25, -0.2) is 0 Å². The van der Waals surface area contributed by atoms with E-state index in [9.17, 15) is 14.4 Å². The second kappa shape index (κ2) is 13.2. The molecule has 36 heavy (non-hydrogen) atoms. The van der Waals surface area contributed by atoms with Gasteiger partial charge in [-0.2, -0.15) is 0 Å². The molecule has 9 nitrogen and oxygen atoms in total. The third kappa shape index (κ3) is 7.92. The van der Waals surface area contributed by atoms with Crippen LogP contribution in [0.4, 0.5) is 0 Å². The number of ether oxygens (including phenoxy) is 3. The number of benzene rings is 2. The second-order valence-electron chi connectivity index (χ2n) is 8.16. The van der Waals surface area contributed by atoms with E-state index in [0.717, 1.165) is 0 Å². The first-order valence-corrected chi connectivity index (χ1v) is 12.6. The van der Waals surface area contributed by atoms with Crippen molar-refractivity contribution >= 4 is 51.0 Å². The van der Waals surface area contributed by atoms with Crippen LogP contribution >= 0.6 is 28.1 Å². The lowest BCUT2D eigenvalue weighted by Gasteiger charge is -2.36. The van der Waals surface area contributed by atoms with Gasteiger partial charge in [0.15, 0.2) is 5.11 Å². The van der Waals surface area contributed by atoms with Crippen LogP contribution in [0.2, 0.25) is 0 Å². The number of hydrogen-bond donors (Lipinski definition) is 2. The smallest absolute Gasteiger partial charge is 0.308 e. The number of amides is 2. The molecule has 0 aliphatic carbocycles. The van der Waals surface area contributed by atoms with Crippen LogP contribution in [0, 0.1) is 0 Å². The van der Waals surface area contributed by atoms with Crippen LogP contribution in [0.1, 0.15) is 30.6 Å². The summed E-state index contributed by atoms with van der Waals surface area (Å²) in [5.74, 6) is -0.0981. The Kier molecular flexibility index (Phi) is 10.1. The van der Waals surface area contributed by atoms with Crippen molar-refractivity contribution in [1.82, 2.24) is 15.5 Å². The summed E-state index contributed by atoms with van der Waals surface area (Å²) in [6.45, 7) is 4.70. The van der Waals surface area contributed by atoms with Crippen molar-refractivity contribution < 1.29 is 28.6 Å². The average Bonchev–Trinajstić information content (AvgIpc) is 2.84. The topological polar surface area (TPSA) is 106 Å². The summed E-state index contributed by atoms with van der Waals surface area (Å²) in [5.41, 5.74) is 0.358. The van der Waals surface area contributed by atoms with Gasteiger partial charge in [-0.05, 0) is 72.3 Å². The van der Waals surface area contributed by atoms with Crippen LogP contribution in [0.5, 0.6) is 11.5 Å². The number of esters is 1. The quantitative estimate of drug-likeness (QED) is 0.266. The molecule has 1 heterocycles. The Labute approximate surface area is 223 Å². The number of carbonyl (C=O) groups excluding carboxylic acids is 3. The number of carbonyl (C=O) groups is 3. The van der Waals surface area contributed by atoms with Crippen LogP contribution < -0.4 is 20.1 Å². The van der Waals surface area contributed by atoms with Crippen LogP contribution in [-0.4, -0.2) is 66.2 Å². The Balaban J connectivity index is 1.54. The Bertz CT molecular complexity index is 1100. The van der Waals surface area contributed by atoms with Gasteiger partial charge < -0.3 is 24.4 Å². The molecule has 1 unspecified atom stereocenters. The maximum atomic E-state index is 12.8. The molecule has 3 rings (SSSR count). The Hall–Kier alpha value is -3.18. The van der Waals surface area contributed by atoms with Gasteiger partial charge in [-0.3, -0.25) is 19.7 Å². The second-order valence-corrected chi connectivity index (χ2v) is 9.40. The minimum atomic E-state index is -0.900. The number of halogens is 1. The van der Waals surface area contributed by atoms with Gasteiger partial charge in [-0.1, -0.05) is 18.2 Å². The number of nitrogens with zero attached hydrogens (tertiary/aromatic N) is 1. The first-order valence-electron chi connectivity index (χ1n) is 11.4. The number of thiocarbonyl (C=S) groups is 1. The molecule has 2 amide bonds. The maximum absolute atomic E-state index is 12.8. The normalized spacial score (nSPS) is 15.2. The Morgan fingerprint density at radius 2 is 1.94 bits per heavy atom. The van der Waals surface area contributed by atoms with Crippen LogP contribution in [-0.2, 0) is 14.3 Å². The van der Waals surface area contributed by atoms with E-state index in [0.29, 0.717) is 34.6 Å². The Morgan fingerprint density at radius 1 is 1.19 bits per heavy atom. The molecule has 2 N–H and O–H groups in total. The summed E-state index contributed by atoms with van der Waals surface area (Å²) in [6.07, 6.45) is -0.237. The van der Waals surface area contributed by atoms with Gasteiger partial charge in [0.05, 0.1) is 17.0 Å². The standard InChI is InChI=1S/C25H28BrN3O6S/c1-16(2)35-21-9-8-17(14-19(21)26)23(31)28-25(36)29-11-10-27-24(32)20(29)15-22(30)34-13-12-33-18-6-4-3-5-7-18/h3-9,14,16,20H,10-13,15H2,1-2H3,(H,27,32)(H,28,31,36). The molecule has 11 heteroatoms. The van der Waals surface area contributed by atoms with E-state index in [2.05, 4.69) is 26.6 Å². The van der Waals surface area contributed by atoms with Crippen LogP contribution in [0.25, 0.3) is 0 Å². The third-order valence-electron chi connectivity index (χ3n) is 5.09. The lowest BCUT2D eigenvalue weighted by Crippen LogP contribution is -2.60. The molecule has 1 atom stereocenters. The predicted octanol–water partition coefficient (Wildman–Crippen LogP) is 3.06. The molecular formula is C25H28BrN3O6S. The monoisotopic (exact) mass is 577 g/mol. The van der Waals surface area contributed by atoms with E-state index in [1.807, 2.05) is 32.0 Å². The summed E-state index contributed by atoms with van der Waals surface area (Å²) in [4.78, 5) is 39.2. The molecule has 1 aliphatic rings. The van der Waals surface area contributed by atoms with E-state index in [1.165, 1.54) is 4.90 Å². The number of hydrogen-bond acceptors (Lipinski definition) is 7. The number of nitrogens with one attached hydrogen (secondary N) is 2. The molecule has 1 aliphatic heterocycles. The highest BCUT2D eigenvalue weighted by molar-refractivity contribution is 9.10. The fourth-order valence-corrected chi connectivity index (χ4v) is 4.23. The molecule has 1 fully saturated rings. The molecule has 2 aromatic rings. The summed E-state index contributed by atoms with van der Waals surface area (Å²) in [5, 5.41) is 5.43. The fraction of sp³-hybridized carbons (Fsp3) is 0.360. The van der Waals surface area contributed by atoms with Gasteiger partial charge in [0.25, 0.3) is 5.91 Å². The van der Waals surface area contributed by atoms with E-state index < -0.39 is 17.9 Å². The minimum absolute atomic E-state index is 0.0150. The number of piperazine rings is 1. The Morgan fingerprint density at radius 3 is 2.64 bits per heavy atom. The van der Waals surface area contributed by atoms with Gasteiger partial charge in [0.2, 0.25) is 5.91 Å².